The van der Waals surface area contributed by atoms with Gasteiger partial charge in [0.25, 0.3) is 0 Å². The van der Waals surface area contributed by atoms with Gasteiger partial charge in [-0.3, -0.25) is 4.57 Å². The lowest BCUT2D eigenvalue weighted by Gasteiger charge is -2.08. The summed E-state index contributed by atoms with van der Waals surface area (Å²) < 4.78 is 1.52. The molecule has 0 radical (unpaired) electrons. The molecule has 8 nitrogen and oxygen atoms in total. The van der Waals surface area contributed by atoms with Gasteiger partial charge in [-0.25, -0.2) is 4.79 Å². The molecule has 0 saturated carbocycles. The van der Waals surface area contributed by atoms with Crippen LogP contribution in [0, 0.1) is 10.1 Å². The minimum absolute atomic E-state index is 0.235. The fourth-order valence-corrected chi connectivity index (χ4v) is 2.02. The molecule has 1 aromatic carbocycles. The lowest BCUT2D eigenvalue weighted by molar-refractivity contribution is -0.388. The number of aromatic carboxylic acids is 1. The number of carbonyl (C=O) groups is 1. The highest BCUT2D eigenvalue weighted by Gasteiger charge is 2.19. The van der Waals surface area contributed by atoms with E-state index in [4.69, 9.17) is 5.11 Å². The summed E-state index contributed by atoms with van der Waals surface area (Å²) in [5.74, 6) is -0.936. The number of nitrogens with one attached hydrogen (secondary N) is 1. The largest absolute Gasteiger partial charge is 0.478 e. The van der Waals surface area contributed by atoms with Gasteiger partial charge in [-0.15, -0.1) is 0 Å². The predicted molar refractivity (Wildman–Crippen MR) is 75.5 cm³/mol. The maximum absolute atomic E-state index is 11.1. The molecule has 0 bridgehead atoms. The van der Waals surface area contributed by atoms with Gasteiger partial charge in [0.2, 0.25) is 12.1 Å². The van der Waals surface area contributed by atoms with E-state index in [0.717, 1.165) is 0 Å². The van der Waals surface area contributed by atoms with E-state index in [2.05, 4.69) is 10.3 Å². The van der Waals surface area contributed by atoms with Crippen molar-refractivity contribution in [2.24, 2.45) is 7.05 Å². The average molecular weight is 290 g/mol. The molecule has 0 saturated heterocycles. The molecule has 1 aromatic heterocycles. The van der Waals surface area contributed by atoms with Crippen molar-refractivity contribution in [1.82, 2.24) is 9.55 Å². The van der Waals surface area contributed by atoms with E-state index in [0.29, 0.717) is 24.3 Å². The summed E-state index contributed by atoms with van der Waals surface area (Å²) in [7, 11) is 1.65. The first-order chi connectivity index (χ1) is 10.0. The molecular weight excluding hydrogens is 276 g/mol. The van der Waals surface area contributed by atoms with Gasteiger partial charge in [-0.05, 0) is 28.0 Å². The second-order valence-electron chi connectivity index (χ2n) is 4.42. The number of anilines is 1. The molecule has 0 spiro atoms. The van der Waals surface area contributed by atoms with E-state index in [1.807, 2.05) is 0 Å². The van der Waals surface area contributed by atoms with Crippen LogP contribution in [0.1, 0.15) is 15.9 Å². The first-order valence-electron chi connectivity index (χ1n) is 6.21. The van der Waals surface area contributed by atoms with E-state index >= 15 is 0 Å². The highest BCUT2D eigenvalue weighted by atomic mass is 16.6. The van der Waals surface area contributed by atoms with Gasteiger partial charge in [0.15, 0.2) is 0 Å². The number of hydrogen-bond acceptors (Lipinski definition) is 5. The average Bonchev–Trinajstić information content (AvgIpc) is 2.81. The van der Waals surface area contributed by atoms with E-state index < -0.39 is 10.9 Å². The summed E-state index contributed by atoms with van der Waals surface area (Å²) in [6, 6.07) is 6.67. The zero-order chi connectivity index (χ0) is 15.4. The molecule has 8 heteroatoms. The molecule has 2 aromatic rings. The van der Waals surface area contributed by atoms with E-state index in [-0.39, 0.29) is 11.4 Å². The number of imidazole rings is 1. The molecule has 110 valence electrons. The van der Waals surface area contributed by atoms with Crippen molar-refractivity contribution in [2.45, 2.75) is 6.42 Å². The summed E-state index contributed by atoms with van der Waals surface area (Å²) in [6.07, 6.45) is 1.79. The van der Waals surface area contributed by atoms with Gasteiger partial charge < -0.3 is 20.5 Å². The fourth-order valence-electron chi connectivity index (χ4n) is 2.02. The Balaban J connectivity index is 2.07. The number of carboxylic acids is 1. The number of nitro groups is 1. The molecule has 0 aliphatic rings. The van der Waals surface area contributed by atoms with Gasteiger partial charge >= 0.3 is 11.8 Å². The molecule has 0 aliphatic heterocycles. The molecule has 21 heavy (non-hydrogen) atoms. The zero-order valence-electron chi connectivity index (χ0n) is 11.3. The van der Waals surface area contributed by atoms with Crippen molar-refractivity contribution in [3.63, 3.8) is 0 Å². The number of nitrogens with zero attached hydrogens (tertiary/aromatic N) is 3. The van der Waals surface area contributed by atoms with Crippen LogP contribution < -0.4 is 5.32 Å². The van der Waals surface area contributed by atoms with Crippen LogP contribution in [-0.4, -0.2) is 32.1 Å². The Labute approximate surface area is 120 Å². The second-order valence-corrected chi connectivity index (χ2v) is 4.42. The van der Waals surface area contributed by atoms with Crippen molar-refractivity contribution < 1.29 is 14.8 Å². The van der Waals surface area contributed by atoms with Crippen molar-refractivity contribution in [3.05, 3.63) is 51.8 Å². The number of hydrogen-bond donors (Lipinski definition) is 2. The summed E-state index contributed by atoms with van der Waals surface area (Å²) >= 11 is 0. The third-order valence-electron chi connectivity index (χ3n) is 3.03. The summed E-state index contributed by atoms with van der Waals surface area (Å²) in [6.45, 7) is 0.366. The monoisotopic (exact) mass is 290 g/mol. The molecule has 0 unspecified atom stereocenters. The Morgan fingerprint density at radius 3 is 2.86 bits per heavy atom. The van der Waals surface area contributed by atoms with Crippen LogP contribution in [0.15, 0.2) is 30.6 Å². The molecule has 0 aliphatic carbocycles. The number of benzene rings is 1. The second kappa shape index (κ2) is 6.04. The molecular formula is C13H14N4O4. The SMILES string of the molecule is Cn1cnc([N+](=O)[O-])c1NCCc1ccccc1C(=O)O. The number of aromatic nitrogens is 2. The number of rotatable bonds is 6. The van der Waals surface area contributed by atoms with Crippen molar-refractivity contribution >= 4 is 17.6 Å². The van der Waals surface area contributed by atoms with Crippen LogP contribution in [0.5, 0.6) is 0 Å². The molecule has 1 heterocycles. The van der Waals surface area contributed by atoms with Crippen LogP contribution in [-0.2, 0) is 13.5 Å². The molecule has 2 rings (SSSR count). The lowest BCUT2D eigenvalue weighted by atomic mass is 10.0. The third kappa shape index (κ3) is 3.16. The molecule has 0 amide bonds. The number of aryl methyl sites for hydroxylation is 1. The molecule has 0 fully saturated rings. The van der Waals surface area contributed by atoms with Gasteiger partial charge in [0.1, 0.15) is 0 Å². The maximum Gasteiger partial charge on any atom is 0.406 e. The Kier molecular flexibility index (Phi) is 4.17. The highest BCUT2D eigenvalue weighted by Crippen LogP contribution is 2.21. The van der Waals surface area contributed by atoms with Crippen molar-refractivity contribution in [3.8, 4) is 0 Å². The van der Waals surface area contributed by atoms with Crippen molar-refractivity contribution in [1.29, 1.82) is 0 Å². The predicted octanol–water partition coefficient (Wildman–Crippen LogP) is 1.68. The van der Waals surface area contributed by atoms with Crippen LogP contribution in [0.25, 0.3) is 0 Å². The number of carboxylic acid groups (broad SMARTS) is 1. The Bertz CT molecular complexity index is 681. The first-order valence-corrected chi connectivity index (χ1v) is 6.21. The Morgan fingerprint density at radius 1 is 1.48 bits per heavy atom. The van der Waals surface area contributed by atoms with Gasteiger partial charge in [-0.1, -0.05) is 18.2 Å². The lowest BCUT2D eigenvalue weighted by Crippen LogP contribution is -2.11. The van der Waals surface area contributed by atoms with Crippen molar-refractivity contribution in [2.75, 3.05) is 11.9 Å². The third-order valence-corrected chi connectivity index (χ3v) is 3.03. The fraction of sp³-hybridized carbons (Fsp3) is 0.231. The standard InChI is InChI=1S/C13H14N4O4/c1-16-8-15-12(17(20)21)11(16)14-7-6-9-4-2-3-5-10(9)13(18)19/h2-5,8,14H,6-7H2,1H3,(H,18,19). The van der Waals surface area contributed by atoms with E-state index in [1.54, 1.807) is 25.2 Å². The van der Waals surface area contributed by atoms with Gasteiger partial charge in [-0.2, -0.15) is 0 Å². The zero-order valence-corrected chi connectivity index (χ0v) is 11.3. The minimum atomic E-state index is -0.989. The Hall–Kier alpha value is -2.90. The van der Waals surface area contributed by atoms with E-state index in [9.17, 15) is 14.9 Å². The topological polar surface area (TPSA) is 110 Å². The first kappa shape index (κ1) is 14.5. The molecule has 0 atom stereocenters. The minimum Gasteiger partial charge on any atom is -0.478 e. The van der Waals surface area contributed by atoms with Crippen LogP contribution in [0.2, 0.25) is 0 Å². The summed E-state index contributed by atoms with van der Waals surface area (Å²) in [5.41, 5.74) is 0.904. The van der Waals surface area contributed by atoms with Gasteiger partial charge in [0.05, 0.1) is 5.56 Å². The quantitative estimate of drug-likeness (QED) is 0.618. The maximum atomic E-state index is 11.1. The highest BCUT2D eigenvalue weighted by molar-refractivity contribution is 5.89. The van der Waals surface area contributed by atoms with Crippen LogP contribution >= 0.6 is 0 Å². The molecule has 2 N–H and O–H groups in total. The van der Waals surface area contributed by atoms with Crippen LogP contribution in [0.4, 0.5) is 11.6 Å². The summed E-state index contributed by atoms with van der Waals surface area (Å²) in [4.78, 5) is 25.0. The van der Waals surface area contributed by atoms with E-state index in [1.165, 1.54) is 17.0 Å². The summed E-state index contributed by atoms with van der Waals surface area (Å²) in [5, 5.41) is 22.8. The Morgan fingerprint density at radius 2 is 2.19 bits per heavy atom. The normalized spacial score (nSPS) is 10.3. The smallest absolute Gasteiger partial charge is 0.406 e. The van der Waals surface area contributed by atoms with Gasteiger partial charge in [0, 0.05) is 13.6 Å². The van der Waals surface area contributed by atoms with Crippen LogP contribution in [0.3, 0.4) is 0 Å².